The van der Waals surface area contributed by atoms with Crippen molar-refractivity contribution < 1.29 is 0 Å². The van der Waals surface area contributed by atoms with Crippen LogP contribution in [-0.2, 0) is 6.54 Å². The number of nitrogens with one attached hydrogen (secondary N) is 2. The van der Waals surface area contributed by atoms with E-state index in [1.807, 2.05) is 27.0 Å². The van der Waals surface area contributed by atoms with Gasteiger partial charge < -0.3 is 15.5 Å². The largest absolute Gasteiger partial charge is 0.356 e. The van der Waals surface area contributed by atoms with Gasteiger partial charge in [0.1, 0.15) is 5.82 Å². The molecule has 1 fully saturated rings. The summed E-state index contributed by atoms with van der Waals surface area (Å²) in [6, 6.07) is 6.66. The predicted octanol–water partition coefficient (Wildman–Crippen LogP) is 2.80. The summed E-state index contributed by atoms with van der Waals surface area (Å²) in [5.41, 5.74) is 2.18. The molecule has 6 nitrogen and oxygen atoms in total. The molecule has 0 bridgehead atoms. The first kappa shape index (κ1) is 18.6. The van der Waals surface area contributed by atoms with Gasteiger partial charge in [0.15, 0.2) is 5.96 Å². The van der Waals surface area contributed by atoms with Crippen LogP contribution >= 0.6 is 11.3 Å². The van der Waals surface area contributed by atoms with Crippen LogP contribution in [0.3, 0.4) is 0 Å². The quantitative estimate of drug-likeness (QED) is 0.638. The Morgan fingerprint density at radius 1 is 1.23 bits per heavy atom. The van der Waals surface area contributed by atoms with Crippen LogP contribution in [0, 0.1) is 20.8 Å². The van der Waals surface area contributed by atoms with Crippen LogP contribution in [0.25, 0.3) is 0 Å². The summed E-state index contributed by atoms with van der Waals surface area (Å²) in [5.74, 6) is 1.95. The van der Waals surface area contributed by atoms with Crippen molar-refractivity contribution in [1.29, 1.82) is 0 Å². The van der Waals surface area contributed by atoms with Crippen LogP contribution in [0.2, 0.25) is 0 Å². The molecule has 0 spiro atoms. The van der Waals surface area contributed by atoms with Gasteiger partial charge in [-0.25, -0.2) is 9.97 Å². The molecule has 140 valence electrons. The van der Waals surface area contributed by atoms with E-state index in [1.54, 1.807) is 11.3 Å². The van der Waals surface area contributed by atoms with Crippen molar-refractivity contribution in [2.24, 2.45) is 4.99 Å². The third-order valence-electron chi connectivity index (χ3n) is 4.67. The first-order valence-electron chi connectivity index (χ1n) is 9.14. The zero-order valence-electron chi connectivity index (χ0n) is 16.0. The monoisotopic (exact) mass is 372 g/mol. The van der Waals surface area contributed by atoms with Crippen LogP contribution in [0.4, 0.5) is 5.82 Å². The number of anilines is 1. The van der Waals surface area contributed by atoms with Gasteiger partial charge in [0, 0.05) is 36.8 Å². The van der Waals surface area contributed by atoms with Crippen molar-refractivity contribution in [3.63, 3.8) is 0 Å². The number of aromatic nitrogens is 2. The van der Waals surface area contributed by atoms with E-state index >= 15 is 0 Å². The molecule has 0 unspecified atom stereocenters. The van der Waals surface area contributed by atoms with Crippen LogP contribution in [0.1, 0.15) is 34.1 Å². The van der Waals surface area contributed by atoms with Crippen LogP contribution in [0.15, 0.2) is 23.2 Å². The minimum Gasteiger partial charge on any atom is -0.356 e. The Morgan fingerprint density at radius 2 is 2.00 bits per heavy atom. The number of thiazole rings is 1. The highest BCUT2D eigenvalue weighted by Gasteiger charge is 2.21. The minimum absolute atomic E-state index is 0.437. The Balaban J connectivity index is 1.49. The van der Waals surface area contributed by atoms with Crippen molar-refractivity contribution in [2.45, 2.75) is 46.2 Å². The molecule has 0 radical (unpaired) electrons. The Labute approximate surface area is 159 Å². The van der Waals surface area contributed by atoms with E-state index in [1.165, 1.54) is 4.88 Å². The number of nitrogens with zero attached hydrogens (tertiary/aromatic N) is 4. The van der Waals surface area contributed by atoms with Gasteiger partial charge in [-0.1, -0.05) is 6.07 Å². The molecule has 1 saturated heterocycles. The minimum atomic E-state index is 0.437. The van der Waals surface area contributed by atoms with Gasteiger partial charge in [-0.3, -0.25) is 4.99 Å². The fourth-order valence-electron chi connectivity index (χ4n) is 3.25. The number of hydrogen-bond donors (Lipinski definition) is 2. The van der Waals surface area contributed by atoms with E-state index in [2.05, 4.69) is 49.6 Å². The predicted molar refractivity (Wildman–Crippen MR) is 109 cm³/mol. The summed E-state index contributed by atoms with van der Waals surface area (Å²) in [5, 5.41) is 8.09. The zero-order valence-corrected chi connectivity index (χ0v) is 16.9. The molecule has 3 rings (SSSR count). The molecule has 0 atom stereocenters. The van der Waals surface area contributed by atoms with E-state index in [0.29, 0.717) is 6.04 Å². The molecule has 0 aliphatic carbocycles. The van der Waals surface area contributed by atoms with Gasteiger partial charge in [0.05, 0.1) is 17.2 Å². The third-order valence-corrected chi connectivity index (χ3v) is 5.75. The van der Waals surface area contributed by atoms with Crippen molar-refractivity contribution in [1.82, 2.24) is 20.6 Å². The van der Waals surface area contributed by atoms with Crippen LogP contribution < -0.4 is 15.5 Å². The van der Waals surface area contributed by atoms with Gasteiger partial charge in [-0.05, 0) is 45.7 Å². The lowest BCUT2D eigenvalue weighted by Gasteiger charge is -2.34. The lowest BCUT2D eigenvalue weighted by Crippen LogP contribution is -2.48. The Morgan fingerprint density at radius 3 is 2.62 bits per heavy atom. The van der Waals surface area contributed by atoms with Crippen molar-refractivity contribution in [3.05, 3.63) is 39.5 Å². The lowest BCUT2D eigenvalue weighted by atomic mass is 10.1. The summed E-state index contributed by atoms with van der Waals surface area (Å²) in [7, 11) is 1.83. The maximum absolute atomic E-state index is 4.64. The molecule has 3 heterocycles. The SMILES string of the molecule is CN=C(NCc1sc(C)nc1C)NC1CCN(c2cccc(C)n2)CC1. The second-order valence-corrected chi connectivity index (χ2v) is 8.00. The molecule has 1 aliphatic heterocycles. The number of piperidine rings is 1. The number of pyridine rings is 1. The highest BCUT2D eigenvalue weighted by molar-refractivity contribution is 7.11. The Hall–Kier alpha value is -2.15. The average Bonchev–Trinajstić information content (AvgIpc) is 2.96. The summed E-state index contributed by atoms with van der Waals surface area (Å²) >= 11 is 1.74. The first-order chi connectivity index (χ1) is 12.5. The first-order valence-corrected chi connectivity index (χ1v) is 9.95. The molecule has 2 N–H and O–H groups in total. The molecule has 0 amide bonds. The summed E-state index contributed by atoms with van der Waals surface area (Å²) in [6.07, 6.45) is 2.16. The number of aliphatic imine (C=N–C) groups is 1. The number of guanidine groups is 1. The van der Waals surface area contributed by atoms with E-state index in [4.69, 9.17) is 0 Å². The van der Waals surface area contributed by atoms with Gasteiger partial charge in [0.25, 0.3) is 0 Å². The number of hydrogen-bond acceptors (Lipinski definition) is 5. The van der Waals surface area contributed by atoms with Gasteiger partial charge in [-0.2, -0.15) is 0 Å². The van der Waals surface area contributed by atoms with E-state index in [0.717, 1.165) is 60.6 Å². The Bertz CT molecular complexity index is 761. The van der Waals surface area contributed by atoms with Gasteiger partial charge >= 0.3 is 0 Å². The van der Waals surface area contributed by atoms with Crippen LogP contribution in [0.5, 0.6) is 0 Å². The number of rotatable bonds is 4. The lowest BCUT2D eigenvalue weighted by molar-refractivity contribution is 0.459. The average molecular weight is 373 g/mol. The summed E-state index contributed by atoms with van der Waals surface area (Å²) in [6.45, 7) is 8.94. The summed E-state index contributed by atoms with van der Waals surface area (Å²) < 4.78 is 0. The maximum atomic E-state index is 4.64. The van der Waals surface area contributed by atoms with Crippen LogP contribution in [-0.4, -0.2) is 42.1 Å². The smallest absolute Gasteiger partial charge is 0.191 e. The van der Waals surface area contributed by atoms with Crippen molar-refractivity contribution in [2.75, 3.05) is 25.0 Å². The summed E-state index contributed by atoms with van der Waals surface area (Å²) in [4.78, 5) is 17.1. The molecular weight excluding hydrogens is 344 g/mol. The highest BCUT2D eigenvalue weighted by atomic mass is 32.1. The van der Waals surface area contributed by atoms with E-state index in [9.17, 15) is 0 Å². The third kappa shape index (κ3) is 4.72. The normalized spacial score (nSPS) is 16.0. The molecule has 2 aromatic rings. The molecule has 26 heavy (non-hydrogen) atoms. The van der Waals surface area contributed by atoms with Crippen molar-refractivity contribution in [3.8, 4) is 0 Å². The molecule has 2 aromatic heterocycles. The molecule has 0 saturated carbocycles. The van der Waals surface area contributed by atoms with Gasteiger partial charge in [0.2, 0.25) is 0 Å². The van der Waals surface area contributed by atoms with Gasteiger partial charge in [-0.15, -0.1) is 11.3 Å². The molecule has 0 aromatic carbocycles. The van der Waals surface area contributed by atoms with Crippen molar-refractivity contribution >= 4 is 23.1 Å². The number of aryl methyl sites for hydroxylation is 3. The maximum Gasteiger partial charge on any atom is 0.191 e. The topological polar surface area (TPSA) is 65.4 Å². The Kier molecular flexibility index (Phi) is 6.08. The molecule has 1 aliphatic rings. The fraction of sp³-hybridized carbons (Fsp3) is 0.526. The second-order valence-electron chi connectivity index (χ2n) is 6.71. The second kappa shape index (κ2) is 8.49. The zero-order chi connectivity index (χ0) is 18.5. The molecule has 7 heteroatoms. The standard InChI is InChI=1S/C19H28N6S/c1-13-6-5-7-18(22-13)25-10-8-16(9-11-25)24-19(20-4)21-12-17-14(2)23-15(3)26-17/h5-7,16H,8-12H2,1-4H3,(H2,20,21,24). The van der Waals surface area contributed by atoms with E-state index < -0.39 is 0 Å². The highest BCUT2D eigenvalue weighted by Crippen LogP contribution is 2.19. The van der Waals surface area contributed by atoms with E-state index in [-0.39, 0.29) is 0 Å². The fourth-order valence-corrected chi connectivity index (χ4v) is 4.12. The molecular formula is C19H28N6S.